The molecular formula is C8H18BNO. The summed E-state index contributed by atoms with van der Waals surface area (Å²) in [6, 6.07) is 0.681. The van der Waals surface area contributed by atoms with Crippen LogP contribution < -0.4 is 0 Å². The van der Waals surface area contributed by atoms with Crippen LogP contribution in [0.3, 0.4) is 0 Å². The minimum absolute atomic E-state index is 0.502. The summed E-state index contributed by atoms with van der Waals surface area (Å²) >= 11 is 0. The predicted octanol–water partition coefficient (Wildman–Crippen LogP) is 1.28. The number of rotatable bonds is 3. The summed E-state index contributed by atoms with van der Waals surface area (Å²) in [7, 11) is 0. The Hall–Kier alpha value is -0.0151. The van der Waals surface area contributed by atoms with Crippen LogP contribution in [0.4, 0.5) is 0 Å². The third-order valence-corrected chi connectivity index (χ3v) is 2.31. The van der Waals surface area contributed by atoms with Crippen molar-refractivity contribution >= 4 is 6.92 Å². The molecule has 1 aliphatic rings. The van der Waals surface area contributed by atoms with Crippen LogP contribution in [-0.4, -0.2) is 37.5 Å². The predicted molar refractivity (Wildman–Crippen MR) is 48.9 cm³/mol. The first-order valence-electron chi connectivity index (χ1n) is 4.59. The van der Waals surface area contributed by atoms with Gasteiger partial charge < -0.3 is 9.55 Å². The van der Waals surface area contributed by atoms with E-state index >= 15 is 0 Å². The minimum Gasteiger partial charge on any atom is -0.435 e. The molecule has 1 heterocycles. The van der Waals surface area contributed by atoms with E-state index in [1.807, 2.05) is 0 Å². The van der Waals surface area contributed by atoms with Crippen LogP contribution in [0.2, 0.25) is 6.32 Å². The topological polar surface area (TPSA) is 12.5 Å². The van der Waals surface area contributed by atoms with E-state index < -0.39 is 0 Å². The van der Waals surface area contributed by atoms with Gasteiger partial charge in [0.15, 0.2) is 0 Å². The fraction of sp³-hybridized carbons (Fsp3) is 1.00. The average molecular weight is 155 g/mol. The Kier molecular flexibility index (Phi) is 3.40. The fourth-order valence-corrected chi connectivity index (χ4v) is 1.59. The second-order valence-electron chi connectivity index (χ2n) is 3.45. The summed E-state index contributed by atoms with van der Waals surface area (Å²) in [4.78, 5) is 2.47. The van der Waals surface area contributed by atoms with Gasteiger partial charge in [0.2, 0.25) is 0 Å². The highest BCUT2D eigenvalue weighted by Gasteiger charge is 2.28. The summed E-state index contributed by atoms with van der Waals surface area (Å²) in [6.07, 6.45) is 2.34. The van der Waals surface area contributed by atoms with Crippen molar-refractivity contribution in [1.29, 1.82) is 0 Å². The smallest absolute Gasteiger partial charge is 0.308 e. The molecule has 3 heteroatoms. The van der Waals surface area contributed by atoms with Gasteiger partial charge in [-0.05, 0) is 33.6 Å². The van der Waals surface area contributed by atoms with E-state index in [-0.39, 0.29) is 0 Å². The monoisotopic (exact) mass is 155 g/mol. The van der Waals surface area contributed by atoms with Gasteiger partial charge in [-0.3, -0.25) is 0 Å². The van der Waals surface area contributed by atoms with Crippen LogP contribution >= 0.6 is 0 Å². The van der Waals surface area contributed by atoms with Crippen molar-refractivity contribution in [1.82, 2.24) is 4.90 Å². The van der Waals surface area contributed by atoms with E-state index in [4.69, 9.17) is 4.65 Å². The molecule has 0 aliphatic carbocycles. The van der Waals surface area contributed by atoms with Crippen molar-refractivity contribution in [3.8, 4) is 0 Å². The molecule has 64 valence electrons. The summed E-state index contributed by atoms with van der Waals surface area (Å²) in [6.45, 7) is 9.13. The van der Waals surface area contributed by atoms with Crippen LogP contribution in [0.1, 0.15) is 20.8 Å². The third kappa shape index (κ3) is 2.49. The first kappa shape index (κ1) is 9.08. The molecule has 0 aromatic carbocycles. The Bertz CT molecular complexity index is 119. The Balaban J connectivity index is 2.23. The largest absolute Gasteiger partial charge is 0.435 e. The van der Waals surface area contributed by atoms with E-state index in [1.54, 1.807) is 0 Å². The van der Waals surface area contributed by atoms with Gasteiger partial charge in [-0.2, -0.15) is 0 Å². The number of hydrogen-bond donors (Lipinski definition) is 0. The van der Waals surface area contributed by atoms with Crippen LogP contribution in [0, 0.1) is 0 Å². The first-order valence-corrected chi connectivity index (χ1v) is 4.59. The standard InChI is InChI=1S/C8H18BNO/c1-4-11-9-5-6-10(7-9)8(2)3/h8H,4-7H2,1-3H3. The molecule has 0 aromatic heterocycles. The lowest BCUT2D eigenvalue weighted by Gasteiger charge is -2.19. The molecule has 1 rings (SSSR count). The molecule has 2 nitrogen and oxygen atoms in total. The highest BCUT2D eigenvalue weighted by Crippen LogP contribution is 2.12. The van der Waals surface area contributed by atoms with Crippen LogP contribution in [0.5, 0.6) is 0 Å². The second kappa shape index (κ2) is 4.12. The molecule has 0 unspecified atom stereocenters. The Morgan fingerprint density at radius 2 is 2.27 bits per heavy atom. The molecule has 1 aliphatic heterocycles. The van der Waals surface area contributed by atoms with Crippen molar-refractivity contribution in [3.05, 3.63) is 0 Å². The molecule has 0 bridgehead atoms. The molecular weight excluding hydrogens is 137 g/mol. The lowest BCUT2D eigenvalue weighted by atomic mass is 9.67. The van der Waals surface area contributed by atoms with Crippen LogP contribution in [-0.2, 0) is 4.65 Å². The maximum absolute atomic E-state index is 5.54. The molecule has 0 atom stereocenters. The fourth-order valence-electron chi connectivity index (χ4n) is 1.59. The molecule has 0 N–H and O–H groups in total. The van der Waals surface area contributed by atoms with Gasteiger partial charge in [0.05, 0.1) is 0 Å². The third-order valence-electron chi connectivity index (χ3n) is 2.31. The summed E-state index contributed by atoms with van der Waals surface area (Å²) in [5, 5.41) is 0. The van der Waals surface area contributed by atoms with Gasteiger partial charge >= 0.3 is 6.92 Å². The van der Waals surface area contributed by atoms with Gasteiger partial charge in [0, 0.05) is 19.1 Å². The highest BCUT2D eigenvalue weighted by molar-refractivity contribution is 6.52. The van der Waals surface area contributed by atoms with Crippen molar-refractivity contribution in [3.63, 3.8) is 0 Å². The van der Waals surface area contributed by atoms with E-state index in [9.17, 15) is 0 Å². The SMILES string of the molecule is CCOB1CCN(C(C)C)C1. The van der Waals surface area contributed by atoms with Crippen LogP contribution in [0.15, 0.2) is 0 Å². The zero-order chi connectivity index (χ0) is 8.27. The highest BCUT2D eigenvalue weighted by atomic mass is 16.4. The second-order valence-corrected chi connectivity index (χ2v) is 3.45. The minimum atomic E-state index is 0.502. The molecule has 0 spiro atoms. The Labute approximate surface area is 70.0 Å². The van der Waals surface area contributed by atoms with E-state index in [0.717, 1.165) is 13.1 Å². The summed E-state index contributed by atoms with van der Waals surface area (Å²) in [5.74, 6) is 0. The van der Waals surface area contributed by atoms with Crippen molar-refractivity contribution in [2.45, 2.75) is 33.1 Å². The van der Waals surface area contributed by atoms with E-state index in [2.05, 4.69) is 25.7 Å². The summed E-state index contributed by atoms with van der Waals surface area (Å²) < 4.78 is 5.54. The molecule has 0 amide bonds. The quantitative estimate of drug-likeness (QED) is 0.569. The number of nitrogens with zero attached hydrogens (tertiary/aromatic N) is 1. The first-order chi connectivity index (χ1) is 5.24. The van der Waals surface area contributed by atoms with Gasteiger partial charge in [-0.1, -0.05) is 0 Å². The average Bonchev–Trinajstić information content (AvgIpc) is 2.37. The van der Waals surface area contributed by atoms with Crippen molar-refractivity contribution < 1.29 is 4.65 Å². The molecule has 0 radical (unpaired) electrons. The molecule has 1 saturated heterocycles. The molecule has 0 saturated carbocycles. The van der Waals surface area contributed by atoms with Crippen molar-refractivity contribution in [2.75, 3.05) is 19.6 Å². The molecule has 1 fully saturated rings. The van der Waals surface area contributed by atoms with Gasteiger partial charge in [0.1, 0.15) is 0 Å². The normalized spacial score (nSPS) is 20.2. The van der Waals surface area contributed by atoms with Crippen molar-refractivity contribution in [2.24, 2.45) is 0 Å². The van der Waals surface area contributed by atoms with E-state index in [0.29, 0.717) is 13.0 Å². The van der Waals surface area contributed by atoms with Gasteiger partial charge in [-0.25, -0.2) is 0 Å². The lowest BCUT2D eigenvalue weighted by Crippen LogP contribution is -2.31. The maximum atomic E-state index is 5.54. The Morgan fingerprint density at radius 1 is 1.55 bits per heavy atom. The summed E-state index contributed by atoms with van der Waals surface area (Å²) in [5.41, 5.74) is 0. The van der Waals surface area contributed by atoms with Crippen LogP contribution in [0.25, 0.3) is 0 Å². The van der Waals surface area contributed by atoms with E-state index in [1.165, 1.54) is 12.9 Å². The molecule has 0 aromatic rings. The Morgan fingerprint density at radius 3 is 2.73 bits per heavy atom. The maximum Gasteiger partial charge on any atom is 0.308 e. The van der Waals surface area contributed by atoms with Gasteiger partial charge in [0.25, 0.3) is 0 Å². The zero-order valence-electron chi connectivity index (χ0n) is 7.84. The zero-order valence-corrected chi connectivity index (χ0v) is 7.84. The molecule has 11 heavy (non-hydrogen) atoms. The van der Waals surface area contributed by atoms with Gasteiger partial charge in [-0.15, -0.1) is 0 Å². The lowest BCUT2D eigenvalue weighted by molar-refractivity contribution is 0.278. The number of hydrogen-bond acceptors (Lipinski definition) is 2.